The predicted octanol–water partition coefficient (Wildman–Crippen LogP) is 6.55. The van der Waals surface area contributed by atoms with Gasteiger partial charge in [-0.2, -0.15) is 23.7 Å². The summed E-state index contributed by atoms with van der Waals surface area (Å²) in [6.07, 6.45) is 9.68. The van der Waals surface area contributed by atoms with Crippen LogP contribution in [0.5, 0.6) is 0 Å². The number of allylic oxidation sites excluding steroid dienone is 7. The number of hydrogen-bond acceptors (Lipinski definition) is 11. The standard InChI is InChI=1S/C35H24N6O7S/c42-27-12-9-25(10-13-27)38-40-32-16-17-33(30-20-28(49(46,47)48)14-15-29(30)32)41-37-24-7-3-22(4-8-24)21-1-5-23(6-2-21)36-39-26-11-18-34(43)31(19-26)35(44)45/h1-20,36,40H,(H,44,45)(H,46,47,48)/b39-26+,41-37?. The smallest absolute Gasteiger partial charge is 0.339 e. The first kappa shape index (κ1) is 32.3. The number of ketones is 2. The lowest BCUT2D eigenvalue weighted by molar-refractivity contribution is -0.134. The van der Waals surface area contributed by atoms with Gasteiger partial charge in [0.15, 0.2) is 11.6 Å². The van der Waals surface area contributed by atoms with E-state index in [-0.39, 0.29) is 16.3 Å². The van der Waals surface area contributed by atoms with Crippen LogP contribution in [0, 0.1) is 0 Å². The molecule has 4 N–H and O–H groups in total. The first-order valence-electron chi connectivity index (χ1n) is 14.4. The van der Waals surface area contributed by atoms with Crippen LogP contribution in [-0.4, -0.2) is 47.0 Å². The van der Waals surface area contributed by atoms with E-state index in [0.717, 1.165) is 17.2 Å². The fraction of sp³-hybridized carbons (Fsp3) is 0. The van der Waals surface area contributed by atoms with Gasteiger partial charge >= 0.3 is 5.97 Å². The fourth-order valence-electron chi connectivity index (χ4n) is 4.76. The van der Waals surface area contributed by atoms with E-state index in [1.807, 2.05) is 24.3 Å². The molecule has 0 aliphatic heterocycles. The Hall–Kier alpha value is -6.64. The molecule has 0 fully saturated rings. The zero-order valence-corrected chi connectivity index (χ0v) is 26.0. The van der Waals surface area contributed by atoms with E-state index >= 15 is 0 Å². The summed E-state index contributed by atoms with van der Waals surface area (Å²) in [5.41, 5.74) is 10.1. The number of anilines is 2. The van der Waals surface area contributed by atoms with Crippen molar-refractivity contribution in [2.24, 2.45) is 20.4 Å². The van der Waals surface area contributed by atoms with Crippen LogP contribution in [0.3, 0.4) is 0 Å². The third-order valence-electron chi connectivity index (χ3n) is 7.27. The summed E-state index contributed by atoms with van der Waals surface area (Å²) < 4.78 is 33.5. The van der Waals surface area contributed by atoms with Crippen molar-refractivity contribution in [3.05, 3.63) is 127 Å². The highest BCUT2D eigenvalue weighted by Crippen LogP contribution is 2.35. The highest BCUT2D eigenvalue weighted by atomic mass is 32.2. The predicted molar refractivity (Wildman–Crippen MR) is 185 cm³/mol. The molecular weight excluding hydrogens is 648 g/mol. The topological polar surface area (TPSA) is 199 Å². The normalized spacial score (nSPS) is 15.2. The molecule has 0 saturated carbocycles. The van der Waals surface area contributed by atoms with E-state index < -0.39 is 21.9 Å². The number of hydrogen-bond donors (Lipinski definition) is 4. The molecule has 6 rings (SSSR count). The third-order valence-corrected chi connectivity index (χ3v) is 8.12. The van der Waals surface area contributed by atoms with Crippen LogP contribution in [0.15, 0.2) is 152 Å². The second-order valence-corrected chi connectivity index (χ2v) is 12.0. The summed E-state index contributed by atoms with van der Waals surface area (Å²) >= 11 is 0. The Morgan fingerprint density at radius 2 is 1.33 bits per heavy atom. The molecule has 4 aromatic carbocycles. The van der Waals surface area contributed by atoms with Gasteiger partial charge in [-0.1, -0.05) is 30.3 Å². The Balaban J connectivity index is 1.19. The molecular formula is C35H24N6O7S. The molecule has 242 valence electrons. The summed E-state index contributed by atoms with van der Waals surface area (Å²) in [7, 11) is -4.49. The van der Waals surface area contributed by atoms with Crippen LogP contribution < -0.4 is 10.9 Å². The first-order chi connectivity index (χ1) is 23.5. The quantitative estimate of drug-likeness (QED) is 0.0500. The highest BCUT2D eigenvalue weighted by molar-refractivity contribution is 7.85. The Labute approximate surface area is 278 Å². The number of fused-ring (bicyclic) bond motifs is 1. The number of carbonyl (C=O) groups is 3. The van der Waals surface area contributed by atoms with Gasteiger partial charge in [0.2, 0.25) is 0 Å². The Morgan fingerprint density at radius 1 is 0.673 bits per heavy atom. The van der Waals surface area contributed by atoms with Crippen molar-refractivity contribution in [1.82, 2.24) is 0 Å². The largest absolute Gasteiger partial charge is 0.478 e. The van der Waals surface area contributed by atoms with Gasteiger partial charge in [0, 0.05) is 10.8 Å². The third kappa shape index (κ3) is 7.68. The molecule has 0 spiro atoms. The molecule has 49 heavy (non-hydrogen) atoms. The number of nitrogens with one attached hydrogen (secondary N) is 2. The maximum Gasteiger partial charge on any atom is 0.339 e. The summed E-state index contributed by atoms with van der Waals surface area (Å²) in [6, 6.07) is 22.1. The number of benzene rings is 4. The highest BCUT2D eigenvalue weighted by Gasteiger charge is 2.19. The second kappa shape index (κ2) is 13.6. The van der Waals surface area contributed by atoms with Gasteiger partial charge in [-0.25, -0.2) is 4.79 Å². The molecule has 0 saturated heterocycles. The number of hydrazone groups is 2. The summed E-state index contributed by atoms with van der Waals surface area (Å²) in [5, 5.41) is 27.2. The molecule has 0 unspecified atom stereocenters. The molecule has 14 heteroatoms. The first-order valence-corrected chi connectivity index (χ1v) is 15.9. The van der Waals surface area contributed by atoms with Crippen molar-refractivity contribution >= 4 is 72.6 Å². The molecule has 4 aromatic rings. The Kier molecular flexibility index (Phi) is 8.97. The SMILES string of the molecule is O=C1C=CC(=NNc2ccc(N=Nc3ccc(-c4ccc(N/N=C5\C=CC(=O)C(C(=O)O)=C5)cc4)cc3)c3cc(S(=O)(=O)O)ccc23)C=C1. The number of carbonyl (C=O) groups excluding carboxylic acids is 2. The van der Waals surface area contributed by atoms with Gasteiger partial charge in [-0.15, -0.1) is 5.11 Å². The molecule has 0 bridgehead atoms. The zero-order chi connectivity index (χ0) is 34.5. The molecule has 0 atom stereocenters. The average molecular weight is 673 g/mol. The minimum Gasteiger partial charge on any atom is -0.478 e. The van der Waals surface area contributed by atoms with E-state index in [1.54, 1.807) is 48.6 Å². The number of aliphatic carboxylic acids is 1. The van der Waals surface area contributed by atoms with Crippen molar-refractivity contribution in [2.45, 2.75) is 4.90 Å². The van der Waals surface area contributed by atoms with Crippen molar-refractivity contribution in [1.29, 1.82) is 0 Å². The number of carboxylic acid groups (broad SMARTS) is 1. The summed E-state index contributed by atoms with van der Waals surface area (Å²) in [5.74, 6) is -2.05. The van der Waals surface area contributed by atoms with Crippen LogP contribution in [0.2, 0.25) is 0 Å². The van der Waals surface area contributed by atoms with Crippen molar-refractivity contribution < 1.29 is 32.5 Å². The van der Waals surface area contributed by atoms with E-state index in [4.69, 9.17) is 5.11 Å². The van der Waals surface area contributed by atoms with Gasteiger partial charge < -0.3 is 5.11 Å². The molecule has 2 aliphatic rings. The fourth-order valence-corrected chi connectivity index (χ4v) is 5.26. The van der Waals surface area contributed by atoms with Gasteiger partial charge in [-0.05, 0) is 102 Å². The number of rotatable bonds is 9. The van der Waals surface area contributed by atoms with Crippen LogP contribution in [0.1, 0.15) is 0 Å². The van der Waals surface area contributed by atoms with Crippen molar-refractivity contribution in [2.75, 3.05) is 10.9 Å². The molecule has 0 heterocycles. The lowest BCUT2D eigenvalue weighted by atomic mass is 10.0. The molecule has 2 aliphatic carbocycles. The monoisotopic (exact) mass is 672 g/mol. The lowest BCUT2D eigenvalue weighted by Gasteiger charge is -2.10. The van der Waals surface area contributed by atoms with Crippen molar-refractivity contribution in [3.8, 4) is 11.1 Å². The van der Waals surface area contributed by atoms with E-state index in [1.165, 1.54) is 42.5 Å². The van der Waals surface area contributed by atoms with Gasteiger partial charge in [0.25, 0.3) is 10.1 Å². The zero-order valence-electron chi connectivity index (χ0n) is 25.2. The average Bonchev–Trinajstić information content (AvgIpc) is 3.10. The Morgan fingerprint density at radius 3 is 2.00 bits per heavy atom. The van der Waals surface area contributed by atoms with E-state index in [9.17, 15) is 27.4 Å². The maximum atomic E-state index is 11.9. The number of azo groups is 1. The van der Waals surface area contributed by atoms with Crippen LogP contribution in [0.4, 0.5) is 22.7 Å². The van der Waals surface area contributed by atoms with Gasteiger partial charge in [-0.3, -0.25) is 25.0 Å². The second-order valence-electron chi connectivity index (χ2n) is 10.6. The van der Waals surface area contributed by atoms with Crippen LogP contribution in [-0.2, 0) is 24.5 Å². The molecule has 0 radical (unpaired) electrons. The Bertz CT molecular complexity index is 2340. The van der Waals surface area contributed by atoms with Crippen LogP contribution >= 0.6 is 0 Å². The maximum absolute atomic E-state index is 11.9. The molecule has 0 amide bonds. The van der Waals surface area contributed by atoms with Gasteiger partial charge in [0.05, 0.1) is 39.1 Å². The molecule has 13 nitrogen and oxygen atoms in total. The summed E-state index contributed by atoms with van der Waals surface area (Å²) in [4.78, 5) is 33.9. The number of nitrogens with zero attached hydrogens (tertiary/aromatic N) is 4. The number of carboxylic acids is 1. The summed E-state index contributed by atoms with van der Waals surface area (Å²) in [6.45, 7) is 0. The minimum atomic E-state index is -4.49. The van der Waals surface area contributed by atoms with E-state index in [2.05, 4.69) is 31.3 Å². The van der Waals surface area contributed by atoms with Crippen molar-refractivity contribution in [3.63, 3.8) is 0 Å². The van der Waals surface area contributed by atoms with Gasteiger partial charge in [0.1, 0.15) is 5.57 Å². The van der Waals surface area contributed by atoms with Crippen LogP contribution in [0.25, 0.3) is 21.9 Å². The molecule has 0 aromatic heterocycles. The minimum absolute atomic E-state index is 0.145. The lowest BCUT2D eigenvalue weighted by Crippen LogP contribution is -2.15. The van der Waals surface area contributed by atoms with E-state index in [0.29, 0.717) is 44.9 Å².